The topological polar surface area (TPSA) is 41.6 Å². The number of benzene rings is 2. The molecule has 1 aliphatic rings. The number of nitrogens with one attached hydrogen (secondary N) is 1. The zero-order chi connectivity index (χ0) is 16.9. The molecule has 4 nitrogen and oxygen atoms in total. The highest BCUT2D eigenvalue weighted by Crippen LogP contribution is 2.30. The molecule has 0 aliphatic carbocycles. The number of hydrogen-bond donors (Lipinski definition) is 1. The number of piperazine rings is 1. The zero-order valence-electron chi connectivity index (χ0n) is 13.7. The molecule has 0 radical (unpaired) electrons. The Labute approximate surface area is 141 Å². The lowest BCUT2D eigenvalue weighted by Gasteiger charge is -2.37. The van der Waals surface area contributed by atoms with Gasteiger partial charge < -0.3 is 15.0 Å². The van der Waals surface area contributed by atoms with Crippen molar-refractivity contribution in [3.8, 4) is 5.75 Å². The minimum Gasteiger partial charge on any atom is -0.496 e. The minimum absolute atomic E-state index is 0.0408. The van der Waals surface area contributed by atoms with Gasteiger partial charge in [-0.25, -0.2) is 4.39 Å². The molecule has 2 aromatic rings. The Morgan fingerprint density at radius 2 is 2.00 bits per heavy atom. The average Bonchev–Trinajstić information content (AvgIpc) is 2.63. The van der Waals surface area contributed by atoms with Crippen molar-refractivity contribution in [3.63, 3.8) is 0 Å². The number of nitrogens with zero attached hydrogens (tertiary/aromatic N) is 1. The fourth-order valence-corrected chi connectivity index (χ4v) is 3.10. The SMILES string of the molecule is COc1ccccc1[C@@H]1CNCCN1C(=O)Cc1ccc(F)cc1. The Hall–Kier alpha value is -2.40. The molecule has 24 heavy (non-hydrogen) atoms. The van der Waals surface area contributed by atoms with Crippen molar-refractivity contribution < 1.29 is 13.9 Å². The molecule has 1 amide bonds. The predicted molar refractivity (Wildman–Crippen MR) is 90.4 cm³/mol. The van der Waals surface area contributed by atoms with Crippen LogP contribution in [-0.4, -0.2) is 37.6 Å². The van der Waals surface area contributed by atoms with Gasteiger partial charge in [0.25, 0.3) is 0 Å². The summed E-state index contributed by atoms with van der Waals surface area (Å²) in [5.41, 5.74) is 1.82. The van der Waals surface area contributed by atoms with E-state index in [9.17, 15) is 9.18 Å². The van der Waals surface area contributed by atoms with Gasteiger partial charge in [-0.2, -0.15) is 0 Å². The molecule has 0 aromatic heterocycles. The van der Waals surface area contributed by atoms with Crippen LogP contribution < -0.4 is 10.1 Å². The minimum atomic E-state index is -0.291. The van der Waals surface area contributed by atoms with Crippen LogP contribution in [0.3, 0.4) is 0 Å². The van der Waals surface area contributed by atoms with E-state index in [1.54, 1.807) is 19.2 Å². The second kappa shape index (κ2) is 7.45. The van der Waals surface area contributed by atoms with Crippen molar-refractivity contribution >= 4 is 5.91 Å². The molecule has 1 saturated heterocycles. The number of carbonyl (C=O) groups is 1. The summed E-state index contributed by atoms with van der Waals surface area (Å²) in [6, 6.07) is 13.8. The highest BCUT2D eigenvalue weighted by molar-refractivity contribution is 5.79. The van der Waals surface area contributed by atoms with E-state index in [0.29, 0.717) is 13.1 Å². The van der Waals surface area contributed by atoms with E-state index < -0.39 is 0 Å². The summed E-state index contributed by atoms with van der Waals surface area (Å²) in [5, 5.41) is 3.34. The van der Waals surface area contributed by atoms with Crippen LogP contribution in [0, 0.1) is 5.82 Å². The van der Waals surface area contributed by atoms with Crippen LogP contribution >= 0.6 is 0 Å². The van der Waals surface area contributed by atoms with Crippen molar-refractivity contribution in [2.75, 3.05) is 26.7 Å². The van der Waals surface area contributed by atoms with E-state index in [0.717, 1.165) is 23.4 Å². The van der Waals surface area contributed by atoms with E-state index in [-0.39, 0.29) is 24.2 Å². The molecule has 0 saturated carbocycles. The van der Waals surface area contributed by atoms with Crippen LogP contribution in [0.5, 0.6) is 5.75 Å². The number of para-hydroxylation sites is 1. The third-order valence-corrected chi connectivity index (χ3v) is 4.33. The molecule has 3 rings (SSSR count). The fraction of sp³-hybridized carbons (Fsp3) is 0.316. The quantitative estimate of drug-likeness (QED) is 0.938. The van der Waals surface area contributed by atoms with Crippen LogP contribution in [0.15, 0.2) is 48.5 Å². The highest BCUT2D eigenvalue weighted by Gasteiger charge is 2.29. The Morgan fingerprint density at radius 3 is 2.75 bits per heavy atom. The summed E-state index contributed by atoms with van der Waals surface area (Å²) in [4.78, 5) is 14.7. The summed E-state index contributed by atoms with van der Waals surface area (Å²) in [5.74, 6) is 0.532. The summed E-state index contributed by atoms with van der Waals surface area (Å²) < 4.78 is 18.5. The van der Waals surface area contributed by atoms with Gasteiger partial charge in [-0.3, -0.25) is 4.79 Å². The van der Waals surface area contributed by atoms with Crippen LogP contribution in [-0.2, 0) is 11.2 Å². The third kappa shape index (κ3) is 3.57. The van der Waals surface area contributed by atoms with Crippen molar-refractivity contribution in [1.29, 1.82) is 0 Å². The van der Waals surface area contributed by atoms with Crippen molar-refractivity contribution in [1.82, 2.24) is 10.2 Å². The normalized spacial score (nSPS) is 17.6. The third-order valence-electron chi connectivity index (χ3n) is 4.33. The average molecular weight is 328 g/mol. The van der Waals surface area contributed by atoms with E-state index in [2.05, 4.69) is 5.32 Å². The number of carbonyl (C=O) groups excluding carboxylic acids is 1. The maximum Gasteiger partial charge on any atom is 0.227 e. The molecule has 126 valence electrons. The van der Waals surface area contributed by atoms with Crippen LogP contribution in [0.2, 0.25) is 0 Å². The summed E-state index contributed by atoms with van der Waals surface area (Å²) in [6.07, 6.45) is 0.270. The van der Waals surface area contributed by atoms with Gasteiger partial charge in [-0.1, -0.05) is 30.3 Å². The molecule has 0 bridgehead atoms. The molecule has 2 aromatic carbocycles. The number of ether oxygens (including phenoxy) is 1. The number of rotatable bonds is 4. The molecule has 0 unspecified atom stereocenters. The number of hydrogen-bond acceptors (Lipinski definition) is 3. The van der Waals surface area contributed by atoms with Gasteiger partial charge in [0.1, 0.15) is 11.6 Å². The van der Waals surface area contributed by atoms with Crippen LogP contribution in [0.25, 0.3) is 0 Å². The molecular formula is C19H21FN2O2. The van der Waals surface area contributed by atoms with Gasteiger partial charge in [0.2, 0.25) is 5.91 Å². The lowest BCUT2D eigenvalue weighted by atomic mass is 10.0. The zero-order valence-corrected chi connectivity index (χ0v) is 13.7. The lowest BCUT2D eigenvalue weighted by Crippen LogP contribution is -2.49. The van der Waals surface area contributed by atoms with Crippen molar-refractivity contribution in [3.05, 3.63) is 65.5 Å². The molecule has 0 spiro atoms. The number of halogens is 1. The Kier molecular flexibility index (Phi) is 5.11. The first-order chi connectivity index (χ1) is 11.7. The first-order valence-corrected chi connectivity index (χ1v) is 8.06. The molecular weight excluding hydrogens is 307 g/mol. The smallest absolute Gasteiger partial charge is 0.227 e. The molecule has 1 N–H and O–H groups in total. The molecule has 1 heterocycles. The fourth-order valence-electron chi connectivity index (χ4n) is 3.10. The van der Waals surface area contributed by atoms with E-state index >= 15 is 0 Å². The van der Waals surface area contributed by atoms with Gasteiger partial charge in [0.05, 0.1) is 19.6 Å². The van der Waals surface area contributed by atoms with Gasteiger partial charge in [-0.15, -0.1) is 0 Å². The Morgan fingerprint density at radius 1 is 1.25 bits per heavy atom. The van der Waals surface area contributed by atoms with Crippen LogP contribution in [0.4, 0.5) is 4.39 Å². The van der Waals surface area contributed by atoms with Gasteiger partial charge in [-0.05, 0) is 23.8 Å². The predicted octanol–water partition coefficient (Wildman–Crippen LogP) is 2.55. The molecule has 5 heteroatoms. The van der Waals surface area contributed by atoms with Gasteiger partial charge in [0.15, 0.2) is 0 Å². The molecule has 1 fully saturated rings. The monoisotopic (exact) mass is 328 g/mol. The number of methoxy groups -OCH3 is 1. The second-order valence-corrected chi connectivity index (χ2v) is 5.85. The van der Waals surface area contributed by atoms with Crippen molar-refractivity contribution in [2.45, 2.75) is 12.5 Å². The number of amides is 1. The van der Waals surface area contributed by atoms with E-state index in [4.69, 9.17) is 4.74 Å². The Balaban J connectivity index is 1.81. The molecule has 1 aliphatic heterocycles. The Bertz CT molecular complexity index is 703. The second-order valence-electron chi connectivity index (χ2n) is 5.85. The van der Waals surface area contributed by atoms with E-state index in [1.165, 1.54) is 12.1 Å². The highest BCUT2D eigenvalue weighted by atomic mass is 19.1. The largest absolute Gasteiger partial charge is 0.496 e. The maximum atomic E-state index is 13.0. The first kappa shape index (κ1) is 16.5. The van der Waals surface area contributed by atoms with Crippen LogP contribution in [0.1, 0.15) is 17.2 Å². The summed E-state index contributed by atoms with van der Waals surface area (Å²) in [6.45, 7) is 2.10. The summed E-state index contributed by atoms with van der Waals surface area (Å²) >= 11 is 0. The summed E-state index contributed by atoms with van der Waals surface area (Å²) in [7, 11) is 1.64. The standard InChI is InChI=1S/C19H21FN2O2/c1-24-18-5-3-2-4-16(18)17-13-21-10-11-22(17)19(23)12-14-6-8-15(20)9-7-14/h2-9,17,21H,10-13H2,1H3/t17-/m0/s1. The molecule has 1 atom stereocenters. The van der Waals surface area contributed by atoms with Crippen molar-refractivity contribution in [2.24, 2.45) is 0 Å². The van der Waals surface area contributed by atoms with E-state index in [1.807, 2.05) is 29.2 Å². The first-order valence-electron chi connectivity index (χ1n) is 8.06. The maximum absolute atomic E-state index is 13.0. The lowest BCUT2D eigenvalue weighted by molar-refractivity contribution is -0.133. The van der Waals surface area contributed by atoms with Gasteiger partial charge >= 0.3 is 0 Å². The van der Waals surface area contributed by atoms with Gasteiger partial charge in [0, 0.05) is 25.2 Å².